The van der Waals surface area contributed by atoms with E-state index in [1.807, 2.05) is 54.6 Å². The van der Waals surface area contributed by atoms with Crippen molar-refractivity contribution in [2.45, 2.75) is 63.4 Å². The fraction of sp³-hybridized carbons (Fsp3) is 0.297. The minimum atomic E-state index is -1.40. The van der Waals surface area contributed by atoms with Gasteiger partial charge in [-0.05, 0) is 90.2 Å². The van der Waals surface area contributed by atoms with Crippen molar-refractivity contribution in [2.24, 2.45) is 0 Å². The Morgan fingerprint density at radius 3 is 2.43 bits per heavy atom. The number of nitrogens with zero attached hydrogens (tertiary/aromatic N) is 1. The van der Waals surface area contributed by atoms with E-state index in [-0.39, 0.29) is 6.42 Å². The van der Waals surface area contributed by atoms with Crippen molar-refractivity contribution in [1.29, 1.82) is 0 Å². The number of thiophene rings is 1. The summed E-state index contributed by atoms with van der Waals surface area (Å²) in [5.41, 5.74) is 3.66. The van der Waals surface area contributed by atoms with E-state index in [4.69, 9.17) is 13.9 Å². The van der Waals surface area contributed by atoms with Gasteiger partial charge in [0.25, 0.3) is 0 Å². The van der Waals surface area contributed by atoms with Crippen molar-refractivity contribution < 1.29 is 23.8 Å². The van der Waals surface area contributed by atoms with Crippen LogP contribution in [0, 0.1) is 0 Å². The van der Waals surface area contributed by atoms with Gasteiger partial charge in [0, 0.05) is 23.3 Å². The maximum atomic E-state index is 12.3. The summed E-state index contributed by atoms with van der Waals surface area (Å²) in [5.74, 6) is 1.46. The highest BCUT2D eigenvalue weighted by molar-refractivity contribution is 7.13. The van der Waals surface area contributed by atoms with E-state index in [0.29, 0.717) is 36.3 Å². The number of carbonyl (C=O) groups is 1. The van der Waals surface area contributed by atoms with Crippen LogP contribution in [-0.2, 0) is 17.6 Å². The van der Waals surface area contributed by atoms with Crippen LogP contribution in [0.25, 0.3) is 21.9 Å². The van der Waals surface area contributed by atoms with E-state index in [9.17, 15) is 9.90 Å². The van der Waals surface area contributed by atoms with Crippen LogP contribution in [0.3, 0.4) is 0 Å². The third-order valence-electron chi connectivity index (χ3n) is 8.31. The predicted octanol–water partition coefficient (Wildman–Crippen LogP) is 9.20. The lowest BCUT2D eigenvalue weighted by molar-refractivity contribution is -0.153. The van der Waals surface area contributed by atoms with Crippen LogP contribution in [0.1, 0.15) is 61.8 Å². The summed E-state index contributed by atoms with van der Waals surface area (Å²) in [7, 11) is 0. The van der Waals surface area contributed by atoms with E-state index in [1.165, 1.54) is 42.5 Å². The normalized spacial score (nSPS) is 15.0. The Balaban J connectivity index is 1.02. The molecule has 0 aliphatic heterocycles. The molecule has 44 heavy (non-hydrogen) atoms. The molecule has 0 radical (unpaired) electrons. The van der Waals surface area contributed by atoms with Gasteiger partial charge in [-0.1, -0.05) is 61.7 Å². The quantitative estimate of drug-likeness (QED) is 0.152. The number of carboxylic acid groups (broad SMARTS) is 1. The minimum Gasteiger partial charge on any atom is -0.493 e. The van der Waals surface area contributed by atoms with Crippen molar-refractivity contribution in [2.75, 3.05) is 6.61 Å². The Hall–Kier alpha value is -4.36. The van der Waals surface area contributed by atoms with Crippen LogP contribution in [0.2, 0.25) is 0 Å². The first-order valence-electron chi connectivity index (χ1n) is 15.3. The summed E-state index contributed by atoms with van der Waals surface area (Å²) in [4.78, 5) is 18.1. The highest BCUT2D eigenvalue weighted by Crippen LogP contribution is 2.34. The van der Waals surface area contributed by atoms with Gasteiger partial charge in [-0.25, -0.2) is 9.78 Å². The van der Waals surface area contributed by atoms with Gasteiger partial charge in [-0.15, -0.1) is 11.3 Å². The smallest absolute Gasteiger partial charge is 0.348 e. The summed E-state index contributed by atoms with van der Waals surface area (Å²) in [6.45, 7) is 2.06. The van der Waals surface area contributed by atoms with Crippen molar-refractivity contribution in [3.63, 3.8) is 0 Å². The zero-order chi connectivity index (χ0) is 30.4. The van der Waals surface area contributed by atoms with Crippen LogP contribution in [0.15, 0.2) is 101 Å². The molecule has 1 aliphatic rings. The van der Waals surface area contributed by atoms with Gasteiger partial charge in [-0.2, -0.15) is 0 Å². The molecule has 6 rings (SSSR count). The molecule has 226 valence electrons. The molecular formula is C37H37NO5S. The molecule has 1 saturated carbocycles. The molecule has 1 atom stereocenters. The molecule has 6 nitrogen and oxygen atoms in total. The van der Waals surface area contributed by atoms with Gasteiger partial charge in [0.1, 0.15) is 17.8 Å². The van der Waals surface area contributed by atoms with Crippen LogP contribution < -0.4 is 9.47 Å². The topological polar surface area (TPSA) is 81.8 Å². The number of hydrogen-bond donors (Lipinski definition) is 1. The maximum Gasteiger partial charge on any atom is 0.348 e. The number of aromatic nitrogens is 1. The number of hydrogen-bond acceptors (Lipinski definition) is 6. The van der Waals surface area contributed by atoms with Gasteiger partial charge in [-0.3, -0.25) is 0 Å². The van der Waals surface area contributed by atoms with Crippen molar-refractivity contribution in [3.8, 4) is 33.4 Å². The van der Waals surface area contributed by atoms with Crippen LogP contribution in [0.4, 0.5) is 0 Å². The number of benzene rings is 3. The molecule has 2 heterocycles. The molecule has 0 amide bonds. The third-order valence-corrected chi connectivity index (χ3v) is 9.23. The second-order valence-electron chi connectivity index (χ2n) is 11.7. The summed E-state index contributed by atoms with van der Waals surface area (Å²) in [5, 5.41) is 12.1. The molecule has 7 heteroatoms. The molecule has 2 aromatic heterocycles. The maximum absolute atomic E-state index is 12.3. The lowest BCUT2D eigenvalue weighted by Crippen LogP contribution is -2.43. The van der Waals surface area contributed by atoms with Crippen molar-refractivity contribution in [3.05, 3.63) is 113 Å². The van der Waals surface area contributed by atoms with E-state index in [0.717, 1.165) is 22.4 Å². The number of carboxylic acids is 1. The Morgan fingerprint density at radius 1 is 0.955 bits per heavy atom. The zero-order valence-corrected chi connectivity index (χ0v) is 25.7. The molecule has 0 bridgehead atoms. The lowest BCUT2D eigenvalue weighted by Gasteiger charge is -2.27. The predicted molar refractivity (Wildman–Crippen MR) is 174 cm³/mol. The molecular weight excluding hydrogens is 570 g/mol. The number of aliphatic carboxylic acids is 1. The number of ether oxygens (including phenoxy) is 2. The van der Waals surface area contributed by atoms with Crippen LogP contribution >= 0.6 is 11.3 Å². The molecule has 3 aromatic carbocycles. The fourth-order valence-corrected chi connectivity index (χ4v) is 6.55. The monoisotopic (exact) mass is 607 g/mol. The third kappa shape index (κ3) is 7.22. The molecule has 5 aromatic rings. The Bertz CT molecular complexity index is 1650. The van der Waals surface area contributed by atoms with Crippen LogP contribution in [-0.4, -0.2) is 28.3 Å². The van der Waals surface area contributed by atoms with Gasteiger partial charge in [0.2, 0.25) is 11.5 Å². The van der Waals surface area contributed by atoms with Gasteiger partial charge in [0.05, 0.1) is 12.3 Å². The number of oxazole rings is 1. The Morgan fingerprint density at radius 2 is 1.70 bits per heavy atom. The average Bonchev–Trinajstić information content (AvgIpc) is 3.76. The first kappa shape index (κ1) is 29.7. The molecule has 1 N–H and O–H groups in total. The summed E-state index contributed by atoms with van der Waals surface area (Å²) >= 11 is 1.70. The first-order chi connectivity index (χ1) is 21.4. The molecule has 1 aliphatic carbocycles. The molecule has 1 fully saturated rings. The Kier molecular flexibility index (Phi) is 9.12. The minimum absolute atomic E-state index is 0.225. The SMILES string of the molecule is CC(Cc1ccc(OCCc2coc(-c3cccc(-c4cccs4)c3)n2)cc1)(Oc1ccc(C2CCCCC2)cc1)C(=O)O. The standard InChI is InChI=1S/C37H37NO5S/c1-37(36(39)40,43-33-18-14-28(15-19-33)27-7-3-2-4-8-27)24-26-12-16-32(17-13-26)41-21-20-31-25-42-35(38-31)30-10-5-9-29(23-30)34-11-6-22-44-34/h5-6,9-19,22-23,25,27H,2-4,7-8,20-21,24H2,1H3,(H,39,40). The average molecular weight is 608 g/mol. The second kappa shape index (κ2) is 13.5. The second-order valence-corrected chi connectivity index (χ2v) is 12.6. The van der Waals surface area contributed by atoms with Gasteiger partial charge >= 0.3 is 5.97 Å². The molecule has 0 saturated heterocycles. The highest BCUT2D eigenvalue weighted by atomic mass is 32.1. The zero-order valence-electron chi connectivity index (χ0n) is 24.9. The van der Waals surface area contributed by atoms with Crippen molar-refractivity contribution in [1.82, 2.24) is 4.98 Å². The van der Waals surface area contributed by atoms with Crippen LogP contribution in [0.5, 0.6) is 11.5 Å². The largest absolute Gasteiger partial charge is 0.493 e. The fourth-order valence-electron chi connectivity index (χ4n) is 5.83. The highest BCUT2D eigenvalue weighted by Gasteiger charge is 2.36. The summed E-state index contributed by atoms with van der Waals surface area (Å²) in [6, 6.07) is 27.8. The van der Waals surface area contributed by atoms with Gasteiger partial charge < -0.3 is 19.0 Å². The summed E-state index contributed by atoms with van der Waals surface area (Å²) < 4.78 is 17.8. The van der Waals surface area contributed by atoms with Gasteiger partial charge in [0.15, 0.2) is 0 Å². The summed E-state index contributed by atoms with van der Waals surface area (Å²) in [6.07, 6.45) is 8.81. The van der Waals surface area contributed by atoms with E-state index >= 15 is 0 Å². The Labute approximate surface area is 262 Å². The van der Waals surface area contributed by atoms with E-state index in [1.54, 1.807) is 24.5 Å². The van der Waals surface area contributed by atoms with Crippen molar-refractivity contribution >= 4 is 17.3 Å². The molecule has 1 unspecified atom stereocenters. The van der Waals surface area contributed by atoms with E-state index < -0.39 is 11.6 Å². The number of rotatable bonds is 12. The lowest BCUT2D eigenvalue weighted by atomic mass is 9.84. The first-order valence-corrected chi connectivity index (χ1v) is 16.2. The van der Waals surface area contributed by atoms with E-state index in [2.05, 4.69) is 40.7 Å². The molecule has 0 spiro atoms.